The maximum atomic E-state index is 12.8. The molecule has 0 fully saturated rings. The Labute approximate surface area is 138 Å². The molecular formula is C18H15N3O3. The van der Waals surface area contributed by atoms with E-state index in [1.54, 1.807) is 18.2 Å². The molecule has 0 saturated carbocycles. The molecule has 6 heteroatoms. The van der Waals surface area contributed by atoms with E-state index < -0.39 is 17.6 Å². The Morgan fingerprint density at radius 3 is 2.54 bits per heavy atom. The van der Waals surface area contributed by atoms with Crippen LogP contribution < -0.4 is 0 Å². The summed E-state index contributed by atoms with van der Waals surface area (Å²) in [6.07, 6.45) is 4.17. The first kappa shape index (κ1) is 15.6. The number of hydrogen-bond acceptors (Lipinski definition) is 5. The van der Waals surface area contributed by atoms with Crippen LogP contribution in [0.4, 0.5) is 0 Å². The van der Waals surface area contributed by atoms with Gasteiger partial charge in [-0.3, -0.25) is 19.1 Å². The third-order valence-electron chi connectivity index (χ3n) is 3.77. The highest BCUT2D eigenvalue weighted by atomic mass is 16.3. The van der Waals surface area contributed by atoms with E-state index >= 15 is 0 Å². The molecule has 1 N–H and O–H groups in total. The molecule has 0 radical (unpaired) electrons. The quantitative estimate of drug-likeness (QED) is 0.749. The summed E-state index contributed by atoms with van der Waals surface area (Å²) in [5.41, 5.74) is 2.21. The molecule has 6 nitrogen and oxygen atoms in total. The molecule has 0 amide bonds. The molecule has 0 saturated heterocycles. The number of fused-ring (bicyclic) bond motifs is 1. The number of carbonyl (C=O) groups excluding carboxylic acids is 2. The van der Waals surface area contributed by atoms with Gasteiger partial charge in [-0.05, 0) is 24.6 Å². The summed E-state index contributed by atoms with van der Waals surface area (Å²) in [5.74, 6) is -1.28. The number of ketones is 1. The van der Waals surface area contributed by atoms with E-state index in [1.165, 1.54) is 25.5 Å². The van der Waals surface area contributed by atoms with Crippen molar-refractivity contribution in [3.05, 3.63) is 60.2 Å². The number of aromatic nitrogens is 3. The van der Waals surface area contributed by atoms with Gasteiger partial charge in [0.2, 0.25) is 17.6 Å². The van der Waals surface area contributed by atoms with Crippen LogP contribution in [0.1, 0.15) is 40.3 Å². The normalized spacial score (nSPS) is 10.8. The first-order valence-electron chi connectivity index (χ1n) is 7.26. The molecule has 3 rings (SSSR count). The Kier molecular flexibility index (Phi) is 3.73. The van der Waals surface area contributed by atoms with E-state index in [0.29, 0.717) is 10.9 Å². The first-order valence-corrected chi connectivity index (χ1v) is 7.26. The van der Waals surface area contributed by atoms with Crippen molar-refractivity contribution in [3.63, 3.8) is 0 Å². The molecule has 0 aliphatic heterocycles. The zero-order valence-electron chi connectivity index (χ0n) is 13.3. The van der Waals surface area contributed by atoms with Gasteiger partial charge in [0.15, 0.2) is 0 Å². The zero-order chi connectivity index (χ0) is 17.4. The third-order valence-corrected chi connectivity index (χ3v) is 3.77. The molecule has 3 aromatic rings. The van der Waals surface area contributed by atoms with Crippen molar-refractivity contribution >= 4 is 28.2 Å². The molecule has 2 heterocycles. The molecule has 0 spiro atoms. The SMILES string of the molecule is C=C(C)c1ccc2c(c1)c(C(=O)c1cnccn1)c(O)n2C(C)=O. The highest BCUT2D eigenvalue weighted by molar-refractivity contribution is 6.19. The number of aromatic hydroxyl groups is 1. The van der Waals surface area contributed by atoms with E-state index in [0.717, 1.165) is 15.7 Å². The lowest BCUT2D eigenvalue weighted by atomic mass is 10.0. The van der Waals surface area contributed by atoms with Crippen LogP contribution in [-0.2, 0) is 0 Å². The van der Waals surface area contributed by atoms with Gasteiger partial charge in [-0.2, -0.15) is 0 Å². The standard InChI is InChI=1S/C18H15N3O3/c1-10(2)12-4-5-15-13(8-12)16(18(24)21(15)11(3)22)17(23)14-9-19-6-7-20-14/h4-9,24H,1H2,2-3H3. The molecule has 0 aliphatic carbocycles. The van der Waals surface area contributed by atoms with Gasteiger partial charge in [0.25, 0.3) is 0 Å². The number of nitrogens with zero attached hydrogens (tertiary/aromatic N) is 3. The highest BCUT2D eigenvalue weighted by Crippen LogP contribution is 2.34. The van der Waals surface area contributed by atoms with Gasteiger partial charge in [-0.25, -0.2) is 4.98 Å². The van der Waals surface area contributed by atoms with Crippen molar-refractivity contribution in [3.8, 4) is 5.88 Å². The van der Waals surface area contributed by atoms with Crippen LogP contribution in [0.2, 0.25) is 0 Å². The van der Waals surface area contributed by atoms with Gasteiger partial charge in [-0.1, -0.05) is 18.2 Å². The summed E-state index contributed by atoms with van der Waals surface area (Å²) in [7, 11) is 0. The summed E-state index contributed by atoms with van der Waals surface area (Å²) >= 11 is 0. The van der Waals surface area contributed by atoms with Crippen LogP contribution >= 0.6 is 0 Å². The van der Waals surface area contributed by atoms with Crippen LogP contribution in [0.25, 0.3) is 16.5 Å². The summed E-state index contributed by atoms with van der Waals surface area (Å²) in [6.45, 7) is 7.05. The van der Waals surface area contributed by atoms with Crippen molar-refractivity contribution in [1.29, 1.82) is 0 Å². The van der Waals surface area contributed by atoms with Gasteiger partial charge in [-0.15, -0.1) is 0 Å². The van der Waals surface area contributed by atoms with Gasteiger partial charge >= 0.3 is 0 Å². The number of hydrogen-bond donors (Lipinski definition) is 1. The molecular weight excluding hydrogens is 306 g/mol. The van der Waals surface area contributed by atoms with Gasteiger partial charge in [0, 0.05) is 24.7 Å². The number of allylic oxidation sites excluding steroid dienone is 1. The molecule has 1 aromatic carbocycles. The first-order chi connectivity index (χ1) is 11.4. The molecule has 24 heavy (non-hydrogen) atoms. The summed E-state index contributed by atoms with van der Waals surface area (Å²) in [6, 6.07) is 5.22. The van der Waals surface area contributed by atoms with Crippen LogP contribution in [0.15, 0.2) is 43.4 Å². The minimum atomic E-state index is -0.496. The maximum absolute atomic E-state index is 12.8. The second kappa shape index (κ2) is 5.73. The van der Waals surface area contributed by atoms with E-state index in [2.05, 4.69) is 16.5 Å². The predicted octanol–water partition coefficient (Wildman–Crippen LogP) is 3.06. The van der Waals surface area contributed by atoms with Gasteiger partial charge < -0.3 is 5.11 Å². The van der Waals surface area contributed by atoms with Crippen LogP contribution in [0, 0.1) is 0 Å². The van der Waals surface area contributed by atoms with Crippen molar-refractivity contribution in [1.82, 2.24) is 14.5 Å². The fourth-order valence-electron chi connectivity index (χ4n) is 2.63. The molecule has 120 valence electrons. The number of rotatable bonds is 3. The van der Waals surface area contributed by atoms with Crippen molar-refractivity contribution in [2.45, 2.75) is 13.8 Å². The monoisotopic (exact) mass is 321 g/mol. The average Bonchev–Trinajstić information content (AvgIpc) is 2.86. The summed E-state index contributed by atoms with van der Waals surface area (Å²) in [4.78, 5) is 32.6. The van der Waals surface area contributed by atoms with Crippen LogP contribution in [-0.4, -0.2) is 31.3 Å². The number of carbonyl (C=O) groups is 2. The fourth-order valence-corrected chi connectivity index (χ4v) is 2.63. The van der Waals surface area contributed by atoms with E-state index in [-0.39, 0.29) is 11.3 Å². The smallest absolute Gasteiger partial charge is 0.230 e. The Balaban J connectivity index is 2.35. The predicted molar refractivity (Wildman–Crippen MR) is 90.1 cm³/mol. The second-order valence-corrected chi connectivity index (χ2v) is 5.49. The largest absolute Gasteiger partial charge is 0.494 e. The third kappa shape index (κ3) is 2.38. The Hall–Kier alpha value is -3.28. The Morgan fingerprint density at radius 2 is 1.96 bits per heavy atom. The van der Waals surface area contributed by atoms with E-state index in [1.807, 2.05) is 6.92 Å². The van der Waals surface area contributed by atoms with Gasteiger partial charge in [0.1, 0.15) is 5.69 Å². The average molecular weight is 321 g/mol. The lowest BCUT2D eigenvalue weighted by Crippen LogP contribution is -2.07. The highest BCUT2D eigenvalue weighted by Gasteiger charge is 2.26. The van der Waals surface area contributed by atoms with E-state index in [4.69, 9.17) is 0 Å². The lowest BCUT2D eigenvalue weighted by Gasteiger charge is -2.02. The minimum Gasteiger partial charge on any atom is -0.494 e. The fraction of sp³-hybridized carbons (Fsp3) is 0.111. The van der Waals surface area contributed by atoms with E-state index in [9.17, 15) is 14.7 Å². The molecule has 2 aromatic heterocycles. The van der Waals surface area contributed by atoms with Crippen molar-refractivity contribution < 1.29 is 14.7 Å². The second-order valence-electron chi connectivity index (χ2n) is 5.49. The Morgan fingerprint density at radius 1 is 1.21 bits per heavy atom. The van der Waals surface area contributed by atoms with Crippen LogP contribution in [0.3, 0.4) is 0 Å². The van der Waals surface area contributed by atoms with Crippen LogP contribution in [0.5, 0.6) is 5.88 Å². The molecule has 0 bridgehead atoms. The van der Waals surface area contributed by atoms with Gasteiger partial charge in [0.05, 0.1) is 17.3 Å². The molecule has 0 aliphatic rings. The minimum absolute atomic E-state index is 0.0313. The maximum Gasteiger partial charge on any atom is 0.230 e. The summed E-state index contributed by atoms with van der Waals surface area (Å²) in [5, 5.41) is 11.0. The molecule has 0 unspecified atom stereocenters. The molecule has 0 atom stereocenters. The summed E-state index contributed by atoms with van der Waals surface area (Å²) < 4.78 is 1.11. The van der Waals surface area contributed by atoms with Crippen molar-refractivity contribution in [2.75, 3.05) is 0 Å². The Bertz CT molecular complexity index is 988. The van der Waals surface area contributed by atoms with Crippen molar-refractivity contribution in [2.24, 2.45) is 0 Å². The topological polar surface area (TPSA) is 85.1 Å². The lowest BCUT2D eigenvalue weighted by molar-refractivity contribution is 0.0933. The zero-order valence-corrected chi connectivity index (χ0v) is 13.3. The number of benzene rings is 1.